The molecule has 0 spiro atoms. The minimum atomic E-state index is 0.0720. The number of benzene rings is 2. The van der Waals surface area contributed by atoms with Crippen molar-refractivity contribution in [2.24, 2.45) is 0 Å². The van der Waals surface area contributed by atoms with Crippen LogP contribution in [0.1, 0.15) is 62.2 Å². The molecule has 5 heteroatoms. The van der Waals surface area contributed by atoms with Gasteiger partial charge in [-0.2, -0.15) is 0 Å². The first kappa shape index (κ1) is 20.7. The van der Waals surface area contributed by atoms with Crippen LogP contribution >= 0.6 is 0 Å². The van der Waals surface area contributed by atoms with Crippen LogP contribution in [0.2, 0.25) is 0 Å². The molecule has 2 aliphatic heterocycles. The van der Waals surface area contributed by atoms with Crippen LogP contribution in [0.5, 0.6) is 11.5 Å². The minimum absolute atomic E-state index is 0.0720. The third-order valence-electron chi connectivity index (χ3n) is 5.98. The van der Waals surface area contributed by atoms with E-state index in [1.807, 2.05) is 24.3 Å². The maximum Gasteiger partial charge on any atom is 0.234 e. The number of rotatable bonds is 7. The van der Waals surface area contributed by atoms with Crippen molar-refractivity contribution in [3.8, 4) is 11.5 Å². The van der Waals surface area contributed by atoms with E-state index in [0.29, 0.717) is 19.8 Å². The molecular formula is C25H32N2O3. The Labute approximate surface area is 179 Å². The van der Waals surface area contributed by atoms with Crippen LogP contribution in [-0.4, -0.2) is 37.1 Å². The van der Waals surface area contributed by atoms with Crippen LogP contribution < -0.4 is 14.8 Å². The molecule has 1 fully saturated rings. The first-order valence-corrected chi connectivity index (χ1v) is 11.2. The minimum Gasteiger partial charge on any atom is -0.490 e. The Morgan fingerprint density at radius 1 is 1.10 bits per heavy atom. The molecule has 5 nitrogen and oxygen atoms in total. The fourth-order valence-corrected chi connectivity index (χ4v) is 4.50. The zero-order valence-electron chi connectivity index (χ0n) is 17.8. The van der Waals surface area contributed by atoms with Crippen LogP contribution in [0.3, 0.4) is 0 Å². The van der Waals surface area contributed by atoms with E-state index in [1.165, 1.54) is 11.1 Å². The molecule has 0 aliphatic carbocycles. The molecular weight excluding hydrogens is 376 g/mol. The van der Waals surface area contributed by atoms with Gasteiger partial charge < -0.3 is 14.8 Å². The van der Waals surface area contributed by atoms with Gasteiger partial charge in [-0.3, -0.25) is 9.69 Å². The number of carbonyl (C=O) groups excluding carboxylic acids is 1. The summed E-state index contributed by atoms with van der Waals surface area (Å²) in [5.74, 6) is 1.75. The highest BCUT2D eigenvalue weighted by molar-refractivity contribution is 5.78. The maximum absolute atomic E-state index is 12.9. The molecule has 4 rings (SSSR count). The summed E-state index contributed by atoms with van der Waals surface area (Å²) in [5.41, 5.74) is 2.38. The molecule has 0 bridgehead atoms. The van der Waals surface area contributed by atoms with Gasteiger partial charge in [-0.15, -0.1) is 0 Å². The number of nitrogens with one attached hydrogen (secondary N) is 1. The Balaban J connectivity index is 1.42. The fraction of sp³-hybridized carbons (Fsp3) is 0.480. The van der Waals surface area contributed by atoms with Gasteiger partial charge in [0.2, 0.25) is 5.91 Å². The predicted octanol–water partition coefficient (Wildman–Crippen LogP) is 4.64. The monoisotopic (exact) mass is 408 g/mol. The van der Waals surface area contributed by atoms with E-state index >= 15 is 0 Å². The van der Waals surface area contributed by atoms with Crippen LogP contribution in [0.25, 0.3) is 0 Å². The molecule has 160 valence electrons. The second-order valence-corrected chi connectivity index (χ2v) is 8.20. The second kappa shape index (κ2) is 9.98. The summed E-state index contributed by atoms with van der Waals surface area (Å²) < 4.78 is 11.6. The van der Waals surface area contributed by atoms with Gasteiger partial charge in [0, 0.05) is 12.5 Å². The van der Waals surface area contributed by atoms with Crippen LogP contribution in [-0.2, 0) is 4.79 Å². The Morgan fingerprint density at radius 3 is 2.70 bits per heavy atom. The van der Waals surface area contributed by atoms with E-state index in [2.05, 4.69) is 41.4 Å². The van der Waals surface area contributed by atoms with Crippen LogP contribution in [0.15, 0.2) is 48.5 Å². The zero-order valence-corrected chi connectivity index (χ0v) is 17.8. The van der Waals surface area contributed by atoms with Crippen molar-refractivity contribution in [1.29, 1.82) is 0 Å². The Bertz CT molecular complexity index is 840. The summed E-state index contributed by atoms with van der Waals surface area (Å²) in [5, 5.41) is 3.27. The molecule has 1 amide bonds. The lowest BCUT2D eigenvalue weighted by molar-refractivity contribution is -0.123. The molecule has 0 unspecified atom stereocenters. The molecule has 0 radical (unpaired) electrons. The van der Waals surface area contributed by atoms with Gasteiger partial charge in [0.1, 0.15) is 0 Å². The highest BCUT2D eigenvalue weighted by Gasteiger charge is 2.29. The molecule has 2 aromatic carbocycles. The van der Waals surface area contributed by atoms with Crippen molar-refractivity contribution >= 4 is 5.91 Å². The van der Waals surface area contributed by atoms with Crippen molar-refractivity contribution in [3.63, 3.8) is 0 Å². The van der Waals surface area contributed by atoms with Gasteiger partial charge >= 0.3 is 0 Å². The second-order valence-electron chi connectivity index (χ2n) is 8.20. The molecule has 2 heterocycles. The predicted molar refractivity (Wildman–Crippen MR) is 118 cm³/mol. The smallest absolute Gasteiger partial charge is 0.234 e. The first-order valence-electron chi connectivity index (χ1n) is 11.2. The largest absolute Gasteiger partial charge is 0.490 e. The maximum atomic E-state index is 12.9. The lowest BCUT2D eigenvalue weighted by Gasteiger charge is -2.26. The van der Waals surface area contributed by atoms with E-state index in [1.54, 1.807) is 0 Å². The number of hydrogen-bond acceptors (Lipinski definition) is 4. The van der Waals surface area contributed by atoms with Crippen molar-refractivity contribution in [2.75, 3.05) is 26.3 Å². The molecule has 0 saturated carbocycles. The number of fused-ring (bicyclic) bond motifs is 1. The Morgan fingerprint density at radius 2 is 1.90 bits per heavy atom. The highest BCUT2D eigenvalue weighted by atomic mass is 16.5. The van der Waals surface area contributed by atoms with Crippen LogP contribution in [0, 0.1) is 0 Å². The Kier molecular flexibility index (Phi) is 6.90. The quantitative estimate of drug-likeness (QED) is 0.725. The van der Waals surface area contributed by atoms with E-state index < -0.39 is 0 Å². The highest BCUT2D eigenvalue weighted by Crippen LogP contribution is 2.37. The van der Waals surface area contributed by atoms with E-state index in [9.17, 15) is 4.79 Å². The number of likely N-dealkylation sites (tertiary alicyclic amines) is 1. The summed E-state index contributed by atoms with van der Waals surface area (Å²) >= 11 is 0. The van der Waals surface area contributed by atoms with Crippen LogP contribution in [0.4, 0.5) is 0 Å². The topological polar surface area (TPSA) is 50.8 Å². The van der Waals surface area contributed by atoms with E-state index in [0.717, 1.165) is 50.1 Å². The first-order chi connectivity index (χ1) is 14.7. The lowest BCUT2D eigenvalue weighted by Crippen LogP contribution is -2.38. The summed E-state index contributed by atoms with van der Waals surface area (Å²) in [6, 6.07) is 16.8. The van der Waals surface area contributed by atoms with Gasteiger partial charge in [0.15, 0.2) is 11.5 Å². The van der Waals surface area contributed by atoms with E-state index in [4.69, 9.17) is 9.47 Å². The zero-order chi connectivity index (χ0) is 20.8. The normalized spacial score (nSPS) is 19.8. The lowest BCUT2D eigenvalue weighted by atomic mass is 10.0. The summed E-state index contributed by atoms with van der Waals surface area (Å²) in [7, 11) is 0. The van der Waals surface area contributed by atoms with Gasteiger partial charge in [-0.1, -0.05) is 49.7 Å². The number of amides is 1. The van der Waals surface area contributed by atoms with Crippen molar-refractivity contribution in [3.05, 3.63) is 59.7 Å². The summed E-state index contributed by atoms with van der Waals surface area (Å²) in [4.78, 5) is 15.2. The third-order valence-corrected chi connectivity index (χ3v) is 5.98. The van der Waals surface area contributed by atoms with Crippen molar-refractivity contribution in [2.45, 2.75) is 51.1 Å². The summed E-state index contributed by atoms with van der Waals surface area (Å²) in [6.45, 7) is 4.90. The SMILES string of the molecule is CCC[C@H](NC(=O)CN1CCC[C@@H]1c1ccc2c(c1)OCCCO2)c1ccccc1. The average Bonchev–Trinajstić information content (AvgIpc) is 3.09. The molecule has 1 saturated heterocycles. The number of hydrogen-bond donors (Lipinski definition) is 1. The standard InChI is InChI=1S/C25H32N2O3/c1-2-8-21(19-9-4-3-5-10-19)26-25(28)18-27-14-6-11-22(27)20-12-13-23-24(17-20)30-16-7-15-29-23/h3-5,9-10,12-13,17,21-22H,2,6-8,11,14-16,18H2,1H3,(H,26,28)/t21-,22+/m0/s1. The molecule has 2 aromatic rings. The molecule has 30 heavy (non-hydrogen) atoms. The molecule has 0 aromatic heterocycles. The average molecular weight is 409 g/mol. The number of ether oxygens (including phenoxy) is 2. The Hall–Kier alpha value is -2.53. The third kappa shape index (κ3) is 4.96. The van der Waals surface area contributed by atoms with Gasteiger partial charge in [-0.05, 0) is 49.1 Å². The van der Waals surface area contributed by atoms with Gasteiger partial charge in [0.25, 0.3) is 0 Å². The number of carbonyl (C=O) groups is 1. The van der Waals surface area contributed by atoms with Crippen molar-refractivity contribution in [1.82, 2.24) is 10.2 Å². The van der Waals surface area contributed by atoms with Gasteiger partial charge in [-0.25, -0.2) is 0 Å². The molecule has 2 atom stereocenters. The summed E-state index contributed by atoms with van der Waals surface area (Å²) in [6.07, 6.45) is 5.04. The number of nitrogens with zero attached hydrogens (tertiary/aromatic N) is 1. The fourth-order valence-electron chi connectivity index (χ4n) is 4.50. The molecule has 2 aliphatic rings. The van der Waals surface area contributed by atoms with Crippen molar-refractivity contribution < 1.29 is 14.3 Å². The molecule has 1 N–H and O–H groups in total. The van der Waals surface area contributed by atoms with Gasteiger partial charge in [0.05, 0.1) is 25.8 Å². The van der Waals surface area contributed by atoms with E-state index in [-0.39, 0.29) is 18.0 Å².